The first kappa shape index (κ1) is 17.5. The molecule has 0 radical (unpaired) electrons. The molecule has 0 unspecified atom stereocenters. The minimum atomic E-state index is -0.208. The molecule has 3 rings (SSSR count). The van der Waals surface area contributed by atoms with Gasteiger partial charge in [-0.3, -0.25) is 4.79 Å². The summed E-state index contributed by atoms with van der Waals surface area (Å²) in [4.78, 5) is 16.4. The highest BCUT2D eigenvalue weighted by Gasteiger charge is 2.13. The van der Waals surface area contributed by atoms with Crippen LogP contribution in [0.15, 0.2) is 53.1 Å². The SMILES string of the molecule is COc1ccc(-c2noc(CC(=O)NCc3ccccc3OC)n2)cc1. The highest BCUT2D eigenvalue weighted by atomic mass is 16.5. The largest absolute Gasteiger partial charge is 0.497 e. The Morgan fingerprint density at radius 2 is 1.85 bits per heavy atom. The predicted octanol–water partition coefficient (Wildman–Crippen LogP) is 2.61. The van der Waals surface area contributed by atoms with Crippen molar-refractivity contribution in [3.8, 4) is 22.9 Å². The Labute approximate surface area is 150 Å². The molecule has 7 nitrogen and oxygen atoms in total. The number of methoxy groups -OCH3 is 2. The molecule has 1 aromatic heterocycles. The third-order valence-electron chi connectivity index (χ3n) is 3.80. The van der Waals surface area contributed by atoms with Crippen LogP contribution in [0, 0.1) is 0 Å². The van der Waals surface area contributed by atoms with Crippen molar-refractivity contribution in [2.24, 2.45) is 0 Å². The average molecular weight is 353 g/mol. The number of carbonyl (C=O) groups excluding carboxylic acids is 1. The number of benzene rings is 2. The van der Waals surface area contributed by atoms with Gasteiger partial charge >= 0.3 is 0 Å². The van der Waals surface area contributed by atoms with Crippen LogP contribution < -0.4 is 14.8 Å². The lowest BCUT2D eigenvalue weighted by Crippen LogP contribution is -2.24. The van der Waals surface area contributed by atoms with E-state index in [0.29, 0.717) is 12.4 Å². The highest BCUT2D eigenvalue weighted by molar-refractivity contribution is 5.77. The molecule has 1 N–H and O–H groups in total. The molecule has 26 heavy (non-hydrogen) atoms. The lowest BCUT2D eigenvalue weighted by Gasteiger charge is -2.08. The van der Waals surface area contributed by atoms with E-state index in [0.717, 1.165) is 22.6 Å². The van der Waals surface area contributed by atoms with Crippen molar-refractivity contribution in [1.29, 1.82) is 0 Å². The van der Waals surface area contributed by atoms with Gasteiger partial charge in [-0.05, 0) is 30.3 Å². The summed E-state index contributed by atoms with van der Waals surface area (Å²) in [6.07, 6.45) is 0.0122. The van der Waals surface area contributed by atoms with E-state index in [1.54, 1.807) is 14.2 Å². The van der Waals surface area contributed by atoms with Crippen molar-refractivity contribution >= 4 is 5.91 Å². The summed E-state index contributed by atoms with van der Waals surface area (Å²) >= 11 is 0. The van der Waals surface area contributed by atoms with Crippen molar-refractivity contribution in [2.75, 3.05) is 14.2 Å². The van der Waals surface area contributed by atoms with Gasteiger partial charge in [0.25, 0.3) is 0 Å². The van der Waals surface area contributed by atoms with E-state index in [4.69, 9.17) is 14.0 Å². The third kappa shape index (κ3) is 4.18. The summed E-state index contributed by atoms with van der Waals surface area (Å²) in [6, 6.07) is 14.8. The first-order valence-electron chi connectivity index (χ1n) is 8.05. The molecule has 0 saturated carbocycles. The Morgan fingerprint density at radius 1 is 1.08 bits per heavy atom. The predicted molar refractivity (Wildman–Crippen MR) is 94.8 cm³/mol. The zero-order chi connectivity index (χ0) is 18.4. The maximum atomic E-state index is 12.1. The summed E-state index contributed by atoms with van der Waals surface area (Å²) in [6.45, 7) is 0.363. The van der Waals surface area contributed by atoms with Crippen LogP contribution in [0.2, 0.25) is 0 Å². The Hall–Kier alpha value is -3.35. The average Bonchev–Trinajstić information content (AvgIpc) is 3.15. The molecule has 0 aliphatic heterocycles. The molecule has 1 amide bonds. The second-order valence-electron chi connectivity index (χ2n) is 5.51. The fourth-order valence-corrected chi connectivity index (χ4v) is 2.43. The van der Waals surface area contributed by atoms with Crippen molar-refractivity contribution in [3.05, 3.63) is 60.0 Å². The molecule has 3 aromatic rings. The van der Waals surface area contributed by atoms with Gasteiger partial charge in [-0.25, -0.2) is 0 Å². The molecule has 0 spiro atoms. The molecule has 0 aliphatic carbocycles. The summed E-state index contributed by atoms with van der Waals surface area (Å²) in [5.74, 6) is 1.95. The van der Waals surface area contributed by atoms with Crippen molar-refractivity contribution in [1.82, 2.24) is 15.5 Å². The normalized spacial score (nSPS) is 10.4. The number of hydrogen-bond acceptors (Lipinski definition) is 6. The summed E-state index contributed by atoms with van der Waals surface area (Å²) < 4.78 is 15.5. The van der Waals surface area contributed by atoms with Gasteiger partial charge in [-0.15, -0.1) is 0 Å². The number of amides is 1. The number of aromatic nitrogens is 2. The maximum absolute atomic E-state index is 12.1. The lowest BCUT2D eigenvalue weighted by atomic mass is 10.2. The van der Waals surface area contributed by atoms with E-state index < -0.39 is 0 Å². The van der Waals surface area contributed by atoms with Gasteiger partial charge in [0.05, 0.1) is 14.2 Å². The minimum Gasteiger partial charge on any atom is -0.497 e. The zero-order valence-electron chi connectivity index (χ0n) is 14.6. The fourth-order valence-electron chi connectivity index (χ4n) is 2.43. The molecule has 134 valence electrons. The summed E-state index contributed by atoms with van der Waals surface area (Å²) in [5, 5.41) is 6.74. The van der Waals surface area contributed by atoms with Gasteiger partial charge in [0.1, 0.15) is 17.9 Å². The van der Waals surface area contributed by atoms with Crippen LogP contribution in [0.3, 0.4) is 0 Å². The molecule has 0 aliphatic rings. The first-order chi connectivity index (χ1) is 12.7. The summed E-state index contributed by atoms with van der Waals surface area (Å²) in [7, 11) is 3.20. The van der Waals surface area contributed by atoms with Gasteiger partial charge in [0.2, 0.25) is 17.6 Å². The van der Waals surface area contributed by atoms with Crippen molar-refractivity contribution in [3.63, 3.8) is 0 Å². The number of carbonyl (C=O) groups is 1. The van der Waals surface area contributed by atoms with E-state index in [1.165, 1.54) is 0 Å². The molecule has 0 bridgehead atoms. The Bertz CT molecular complexity index is 875. The van der Waals surface area contributed by atoms with Crippen LogP contribution in [0.1, 0.15) is 11.5 Å². The van der Waals surface area contributed by atoms with Crippen LogP contribution in [0.5, 0.6) is 11.5 Å². The molecular weight excluding hydrogens is 334 g/mol. The monoisotopic (exact) mass is 353 g/mol. The summed E-state index contributed by atoms with van der Waals surface area (Å²) in [5.41, 5.74) is 1.68. The number of rotatable bonds is 7. The highest BCUT2D eigenvalue weighted by Crippen LogP contribution is 2.20. The van der Waals surface area contributed by atoms with Gasteiger partial charge in [0, 0.05) is 17.7 Å². The number of nitrogens with one attached hydrogen (secondary N) is 1. The standard InChI is InChI=1S/C19H19N3O4/c1-24-15-9-7-13(8-10-15)19-21-18(26-22-19)11-17(23)20-12-14-5-3-4-6-16(14)25-2/h3-10H,11-12H2,1-2H3,(H,20,23). The van der Waals surface area contributed by atoms with E-state index in [1.807, 2.05) is 48.5 Å². The van der Waals surface area contributed by atoms with Crippen LogP contribution in [0.25, 0.3) is 11.4 Å². The quantitative estimate of drug-likeness (QED) is 0.703. The van der Waals surface area contributed by atoms with Crippen molar-refractivity contribution < 1.29 is 18.8 Å². The molecule has 1 heterocycles. The molecule has 0 saturated heterocycles. The number of hydrogen-bond donors (Lipinski definition) is 1. The molecule has 0 fully saturated rings. The Kier molecular flexibility index (Phi) is 5.48. The van der Waals surface area contributed by atoms with Crippen LogP contribution in [0.4, 0.5) is 0 Å². The Balaban J connectivity index is 1.59. The van der Waals surface area contributed by atoms with Gasteiger partial charge in [-0.1, -0.05) is 23.4 Å². The van der Waals surface area contributed by atoms with Gasteiger partial charge < -0.3 is 19.3 Å². The van der Waals surface area contributed by atoms with E-state index in [2.05, 4.69) is 15.5 Å². The number of ether oxygens (including phenoxy) is 2. The zero-order valence-corrected chi connectivity index (χ0v) is 14.6. The lowest BCUT2D eigenvalue weighted by molar-refractivity contribution is -0.120. The minimum absolute atomic E-state index is 0.0122. The molecular formula is C19H19N3O4. The number of para-hydroxylation sites is 1. The van der Waals surface area contributed by atoms with E-state index >= 15 is 0 Å². The topological polar surface area (TPSA) is 86.5 Å². The second kappa shape index (κ2) is 8.15. The van der Waals surface area contributed by atoms with E-state index in [-0.39, 0.29) is 18.2 Å². The third-order valence-corrected chi connectivity index (χ3v) is 3.80. The van der Waals surface area contributed by atoms with Gasteiger partial charge in [0.15, 0.2) is 0 Å². The molecule has 0 atom stereocenters. The van der Waals surface area contributed by atoms with Crippen LogP contribution in [-0.4, -0.2) is 30.3 Å². The molecule has 2 aromatic carbocycles. The second-order valence-corrected chi connectivity index (χ2v) is 5.51. The maximum Gasteiger partial charge on any atom is 0.236 e. The van der Waals surface area contributed by atoms with E-state index in [9.17, 15) is 4.79 Å². The van der Waals surface area contributed by atoms with Crippen molar-refractivity contribution in [2.45, 2.75) is 13.0 Å². The first-order valence-corrected chi connectivity index (χ1v) is 8.05. The van der Waals surface area contributed by atoms with Crippen LogP contribution >= 0.6 is 0 Å². The Morgan fingerprint density at radius 3 is 2.58 bits per heavy atom. The van der Waals surface area contributed by atoms with Crippen LogP contribution in [-0.2, 0) is 17.8 Å². The molecule has 7 heteroatoms. The fraction of sp³-hybridized carbons (Fsp3) is 0.211. The van der Waals surface area contributed by atoms with Gasteiger partial charge in [-0.2, -0.15) is 4.98 Å². The smallest absolute Gasteiger partial charge is 0.236 e. The number of nitrogens with zero attached hydrogens (tertiary/aromatic N) is 2.